The number of piperidine rings is 1. The molecule has 0 bridgehead atoms. The third-order valence-corrected chi connectivity index (χ3v) is 5.96. The molecule has 2 aromatic heterocycles. The second-order valence-corrected chi connectivity index (χ2v) is 8.20. The lowest BCUT2D eigenvalue weighted by atomic mass is 9.84. The fraction of sp³-hybridized carbons (Fsp3) is 0.333. The number of nitrogens with one attached hydrogen (secondary N) is 1. The van der Waals surface area contributed by atoms with Gasteiger partial charge in [0, 0.05) is 55.1 Å². The number of hydrogen-bond donors (Lipinski definition) is 1. The zero-order chi connectivity index (χ0) is 22.0. The van der Waals surface area contributed by atoms with Crippen LogP contribution in [0.3, 0.4) is 0 Å². The molecule has 1 N–H and O–H groups in total. The quantitative estimate of drug-likeness (QED) is 0.659. The van der Waals surface area contributed by atoms with E-state index in [-0.39, 0.29) is 23.7 Å². The van der Waals surface area contributed by atoms with Gasteiger partial charge in [-0.15, -0.1) is 0 Å². The maximum absolute atomic E-state index is 13.7. The number of rotatable bonds is 4. The Morgan fingerprint density at radius 1 is 1.16 bits per heavy atom. The highest BCUT2D eigenvalue weighted by Crippen LogP contribution is 2.34. The number of carbonyl (C=O) groups excluding carboxylic acids is 1. The van der Waals surface area contributed by atoms with Crippen molar-refractivity contribution in [2.45, 2.75) is 39.2 Å². The fourth-order valence-electron chi connectivity index (χ4n) is 4.12. The Balaban J connectivity index is 1.73. The molecule has 6 nitrogen and oxygen atoms in total. The van der Waals surface area contributed by atoms with Crippen LogP contribution in [-0.2, 0) is 4.79 Å². The summed E-state index contributed by atoms with van der Waals surface area (Å²) in [6.07, 6.45) is 4.36. The SMILES string of the molecule is CC(=O)N1CC(c2nc(Nc3cccc(F)c3)cc(-c3cccnc3)n2)CC(C)C1C. The van der Waals surface area contributed by atoms with Gasteiger partial charge in [-0.1, -0.05) is 13.0 Å². The number of nitrogens with zero attached hydrogens (tertiary/aromatic N) is 4. The van der Waals surface area contributed by atoms with Crippen LogP contribution in [0.25, 0.3) is 11.3 Å². The van der Waals surface area contributed by atoms with Crippen LogP contribution in [-0.4, -0.2) is 38.3 Å². The first-order valence-corrected chi connectivity index (χ1v) is 10.5. The third kappa shape index (κ3) is 4.71. The van der Waals surface area contributed by atoms with Crippen LogP contribution in [0.2, 0.25) is 0 Å². The summed E-state index contributed by atoms with van der Waals surface area (Å²) >= 11 is 0. The average molecular weight is 420 g/mol. The number of halogens is 1. The van der Waals surface area contributed by atoms with E-state index >= 15 is 0 Å². The molecule has 0 saturated carbocycles. The van der Waals surface area contributed by atoms with E-state index < -0.39 is 0 Å². The van der Waals surface area contributed by atoms with Crippen LogP contribution in [0.5, 0.6) is 0 Å². The average Bonchev–Trinajstić information content (AvgIpc) is 2.75. The molecule has 1 amide bonds. The summed E-state index contributed by atoms with van der Waals surface area (Å²) in [5.41, 5.74) is 2.21. The molecule has 3 aromatic rings. The van der Waals surface area contributed by atoms with Crippen LogP contribution in [0.15, 0.2) is 54.9 Å². The maximum Gasteiger partial charge on any atom is 0.219 e. The van der Waals surface area contributed by atoms with Crippen molar-refractivity contribution in [3.05, 3.63) is 66.5 Å². The number of amides is 1. The van der Waals surface area contributed by atoms with Crippen LogP contribution in [0, 0.1) is 11.7 Å². The van der Waals surface area contributed by atoms with E-state index in [1.807, 2.05) is 23.1 Å². The molecule has 1 fully saturated rings. The van der Waals surface area contributed by atoms with Crippen molar-refractivity contribution in [3.63, 3.8) is 0 Å². The first kappa shape index (κ1) is 20.9. The number of anilines is 2. The molecule has 0 radical (unpaired) electrons. The monoisotopic (exact) mass is 419 g/mol. The molecule has 3 unspecified atom stereocenters. The van der Waals surface area contributed by atoms with Gasteiger partial charge in [-0.2, -0.15) is 0 Å². The Morgan fingerprint density at radius 2 is 2.00 bits per heavy atom. The van der Waals surface area contributed by atoms with Crippen molar-refractivity contribution in [2.75, 3.05) is 11.9 Å². The topological polar surface area (TPSA) is 71.0 Å². The first-order valence-electron chi connectivity index (χ1n) is 10.5. The number of benzene rings is 1. The molecule has 3 atom stereocenters. The molecular weight excluding hydrogens is 393 g/mol. The van der Waals surface area contributed by atoms with Crippen molar-refractivity contribution >= 4 is 17.4 Å². The smallest absolute Gasteiger partial charge is 0.219 e. The minimum Gasteiger partial charge on any atom is -0.340 e. The Labute approximate surface area is 181 Å². The third-order valence-electron chi connectivity index (χ3n) is 5.96. The minimum absolute atomic E-state index is 0.0137. The van der Waals surface area contributed by atoms with E-state index in [1.54, 1.807) is 31.5 Å². The van der Waals surface area contributed by atoms with Gasteiger partial charge < -0.3 is 10.2 Å². The Hall–Kier alpha value is -3.35. The highest BCUT2D eigenvalue weighted by Gasteiger charge is 2.34. The summed E-state index contributed by atoms with van der Waals surface area (Å²) in [5.74, 6) is 1.33. The highest BCUT2D eigenvalue weighted by atomic mass is 19.1. The first-order chi connectivity index (χ1) is 14.9. The highest BCUT2D eigenvalue weighted by molar-refractivity contribution is 5.74. The Kier molecular flexibility index (Phi) is 5.93. The van der Waals surface area contributed by atoms with Gasteiger partial charge in [0.15, 0.2) is 0 Å². The van der Waals surface area contributed by atoms with Crippen molar-refractivity contribution in [3.8, 4) is 11.3 Å². The maximum atomic E-state index is 13.7. The van der Waals surface area contributed by atoms with Crippen molar-refractivity contribution in [1.82, 2.24) is 19.9 Å². The molecular formula is C24H26FN5O. The molecule has 1 aromatic carbocycles. The van der Waals surface area contributed by atoms with Gasteiger partial charge in [0.25, 0.3) is 0 Å². The summed E-state index contributed by atoms with van der Waals surface area (Å²) in [6, 6.07) is 12.1. The Bertz CT molecular complexity index is 1070. The molecule has 1 aliphatic rings. The van der Waals surface area contributed by atoms with E-state index in [4.69, 9.17) is 9.97 Å². The number of likely N-dealkylation sites (tertiary alicyclic amines) is 1. The molecule has 7 heteroatoms. The summed E-state index contributed by atoms with van der Waals surface area (Å²) in [6.45, 7) is 6.43. The van der Waals surface area contributed by atoms with Crippen LogP contribution < -0.4 is 5.32 Å². The molecule has 31 heavy (non-hydrogen) atoms. The molecule has 3 heterocycles. The van der Waals surface area contributed by atoms with Gasteiger partial charge in [0.05, 0.1) is 5.69 Å². The zero-order valence-corrected chi connectivity index (χ0v) is 17.9. The van der Waals surface area contributed by atoms with E-state index in [0.717, 1.165) is 17.7 Å². The predicted octanol–water partition coefficient (Wildman–Crippen LogP) is 4.78. The van der Waals surface area contributed by atoms with Crippen LogP contribution >= 0.6 is 0 Å². The molecule has 1 saturated heterocycles. The molecule has 0 aliphatic carbocycles. The van der Waals surface area contributed by atoms with Gasteiger partial charge in [0.2, 0.25) is 5.91 Å². The lowest BCUT2D eigenvalue weighted by molar-refractivity contribution is -0.133. The van der Waals surface area contributed by atoms with Crippen molar-refractivity contribution < 1.29 is 9.18 Å². The van der Waals surface area contributed by atoms with E-state index in [1.165, 1.54) is 12.1 Å². The summed E-state index contributed by atoms with van der Waals surface area (Å²) in [5, 5.41) is 3.20. The summed E-state index contributed by atoms with van der Waals surface area (Å²) < 4.78 is 13.7. The second kappa shape index (κ2) is 8.79. The standard InChI is InChI=1S/C24H26FN5O/c1-15-10-19(14-30(16(15)2)17(3)31)24-28-22(18-6-5-9-26-13-18)12-23(29-24)27-21-8-4-7-20(25)11-21/h4-9,11-13,15-16,19H,10,14H2,1-3H3,(H,27,28,29). The van der Waals surface area contributed by atoms with Crippen LogP contribution in [0.1, 0.15) is 38.9 Å². The largest absolute Gasteiger partial charge is 0.340 e. The van der Waals surface area contributed by atoms with Crippen molar-refractivity contribution in [1.29, 1.82) is 0 Å². The zero-order valence-electron chi connectivity index (χ0n) is 17.9. The van der Waals surface area contributed by atoms with Gasteiger partial charge in [-0.05, 0) is 49.6 Å². The normalized spacial score (nSPS) is 21.0. The van der Waals surface area contributed by atoms with Crippen LogP contribution in [0.4, 0.5) is 15.9 Å². The summed E-state index contributed by atoms with van der Waals surface area (Å²) in [4.78, 5) is 27.9. The van der Waals surface area contributed by atoms with E-state index in [9.17, 15) is 9.18 Å². The lowest BCUT2D eigenvalue weighted by Gasteiger charge is -2.41. The Morgan fingerprint density at radius 3 is 2.71 bits per heavy atom. The van der Waals surface area contributed by atoms with Gasteiger partial charge in [-0.3, -0.25) is 9.78 Å². The fourth-order valence-corrected chi connectivity index (χ4v) is 4.12. The van der Waals surface area contributed by atoms with Gasteiger partial charge in [-0.25, -0.2) is 14.4 Å². The second-order valence-electron chi connectivity index (χ2n) is 8.20. The number of pyridine rings is 1. The number of aromatic nitrogens is 3. The summed E-state index contributed by atoms with van der Waals surface area (Å²) in [7, 11) is 0. The molecule has 0 spiro atoms. The van der Waals surface area contributed by atoms with Gasteiger partial charge >= 0.3 is 0 Å². The molecule has 1 aliphatic heterocycles. The van der Waals surface area contributed by atoms with E-state index in [2.05, 4.69) is 24.1 Å². The lowest BCUT2D eigenvalue weighted by Crippen LogP contribution is -2.48. The molecule has 160 valence electrons. The number of hydrogen-bond acceptors (Lipinski definition) is 5. The van der Waals surface area contributed by atoms with Gasteiger partial charge in [0.1, 0.15) is 17.5 Å². The van der Waals surface area contributed by atoms with Crippen molar-refractivity contribution in [2.24, 2.45) is 5.92 Å². The molecule has 4 rings (SSSR count). The van der Waals surface area contributed by atoms with E-state index in [0.29, 0.717) is 29.8 Å². The number of carbonyl (C=O) groups is 1. The predicted molar refractivity (Wildman–Crippen MR) is 118 cm³/mol. The minimum atomic E-state index is -0.320.